The molecule has 1 amide bonds. The van der Waals surface area contributed by atoms with Gasteiger partial charge in [0.15, 0.2) is 0 Å². The fraction of sp³-hybridized carbons (Fsp3) is 0.0714. The molecule has 1 N–H and O–H groups in total. The van der Waals surface area contributed by atoms with Crippen LogP contribution in [0.1, 0.15) is 15.9 Å². The quantitative estimate of drug-likeness (QED) is 0.753. The van der Waals surface area contributed by atoms with Crippen molar-refractivity contribution in [3.05, 3.63) is 58.6 Å². The van der Waals surface area contributed by atoms with E-state index in [9.17, 15) is 18.0 Å². The molecule has 0 saturated carbocycles. The third-order valence-electron chi connectivity index (χ3n) is 2.68. The topological polar surface area (TPSA) is 29.1 Å². The first-order valence-corrected chi connectivity index (χ1v) is 6.57. The number of alkyl halides is 3. The molecule has 2 rings (SSSR count). The number of halogens is 4. The van der Waals surface area contributed by atoms with Crippen LogP contribution in [0.15, 0.2) is 47.4 Å². The molecule has 0 aliphatic rings. The molecule has 2 aromatic carbocycles. The Balaban J connectivity index is 2.14. The Morgan fingerprint density at radius 3 is 2.24 bits per heavy atom. The summed E-state index contributed by atoms with van der Waals surface area (Å²) in [5, 5.41) is 2.91. The summed E-state index contributed by atoms with van der Waals surface area (Å²) in [6.45, 7) is 0. The van der Waals surface area contributed by atoms with E-state index in [4.69, 9.17) is 11.6 Å². The van der Waals surface area contributed by atoms with Crippen LogP contribution >= 0.6 is 24.2 Å². The molecule has 0 fully saturated rings. The maximum absolute atomic E-state index is 12.4. The molecule has 0 saturated heterocycles. The molecular formula is C14H9ClF3NOS. The highest BCUT2D eigenvalue weighted by atomic mass is 35.5. The van der Waals surface area contributed by atoms with Gasteiger partial charge < -0.3 is 5.32 Å². The largest absolute Gasteiger partial charge is 0.416 e. The third-order valence-corrected chi connectivity index (χ3v) is 3.51. The number of carbonyl (C=O) groups excluding carboxylic acids is 1. The van der Waals surface area contributed by atoms with Crippen LogP contribution in [-0.2, 0) is 6.18 Å². The predicted molar refractivity (Wildman–Crippen MR) is 78.1 cm³/mol. The molecule has 0 atom stereocenters. The normalized spacial score (nSPS) is 11.3. The first-order valence-electron chi connectivity index (χ1n) is 5.74. The van der Waals surface area contributed by atoms with Crippen molar-refractivity contribution in [2.45, 2.75) is 11.1 Å². The Labute approximate surface area is 129 Å². The van der Waals surface area contributed by atoms with E-state index in [0.717, 1.165) is 12.1 Å². The second kappa shape index (κ2) is 5.99. The fourth-order valence-electron chi connectivity index (χ4n) is 1.60. The van der Waals surface area contributed by atoms with E-state index in [1.165, 1.54) is 30.3 Å². The predicted octanol–water partition coefficient (Wildman–Crippen LogP) is 4.90. The van der Waals surface area contributed by atoms with Crippen molar-refractivity contribution in [1.29, 1.82) is 0 Å². The maximum Gasteiger partial charge on any atom is 0.416 e. The lowest BCUT2D eigenvalue weighted by molar-refractivity contribution is -0.137. The van der Waals surface area contributed by atoms with E-state index in [-0.39, 0.29) is 5.69 Å². The van der Waals surface area contributed by atoms with Crippen LogP contribution in [0.4, 0.5) is 18.9 Å². The van der Waals surface area contributed by atoms with Crippen LogP contribution in [0.25, 0.3) is 0 Å². The average Bonchev–Trinajstić information content (AvgIpc) is 2.41. The van der Waals surface area contributed by atoms with Crippen LogP contribution in [-0.4, -0.2) is 5.91 Å². The minimum Gasteiger partial charge on any atom is -0.322 e. The van der Waals surface area contributed by atoms with Crippen molar-refractivity contribution in [1.82, 2.24) is 0 Å². The van der Waals surface area contributed by atoms with Gasteiger partial charge in [-0.15, -0.1) is 12.6 Å². The highest BCUT2D eigenvalue weighted by molar-refractivity contribution is 7.80. The molecule has 21 heavy (non-hydrogen) atoms. The molecule has 0 aromatic heterocycles. The smallest absolute Gasteiger partial charge is 0.322 e. The SMILES string of the molecule is O=C(Nc1ccc(C(F)(F)F)cc1)c1ccc(Cl)c(S)c1. The molecule has 0 aliphatic heterocycles. The number of rotatable bonds is 2. The monoisotopic (exact) mass is 331 g/mol. The standard InChI is InChI=1S/C14H9ClF3NOS/c15-11-6-1-8(7-12(11)21)13(20)19-10-4-2-9(3-5-10)14(16,17)18/h1-7,21H,(H,19,20). The van der Waals surface area contributed by atoms with E-state index >= 15 is 0 Å². The van der Waals surface area contributed by atoms with Gasteiger partial charge in [-0.1, -0.05) is 11.6 Å². The summed E-state index contributed by atoms with van der Waals surface area (Å²) >= 11 is 9.89. The molecule has 0 bridgehead atoms. The van der Waals surface area contributed by atoms with E-state index < -0.39 is 17.6 Å². The minimum absolute atomic E-state index is 0.267. The Kier molecular flexibility index (Phi) is 4.49. The van der Waals surface area contributed by atoms with Crippen molar-refractivity contribution in [2.24, 2.45) is 0 Å². The Morgan fingerprint density at radius 2 is 1.71 bits per heavy atom. The zero-order valence-electron chi connectivity index (χ0n) is 10.4. The summed E-state index contributed by atoms with van der Waals surface area (Å²) in [6.07, 6.45) is -4.40. The zero-order chi connectivity index (χ0) is 15.6. The lowest BCUT2D eigenvalue weighted by Crippen LogP contribution is -2.12. The number of anilines is 1. The van der Waals surface area contributed by atoms with Crippen molar-refractivity contribution >= 4 is 35.8 Å². The number of hydrogen-bond acceptors (Lipinski definition) is 2. The molecule has 2 nitrogen and oxygen atoms in total. The van der Waals surface area contributed by atoms with Gasteiger partial charge in [0.2, 0.25) is 0 Å². The van der Waals surface area contributed by atoms with Crippen molar-refractivity contribution in [3.8, 4) is 0 Å². The second-order valence-electron chi connectivity index (χ2n) is 4.20. The molecule has 110 valence electrons. The van der Waals surface area contributed by atoms with Gasteiger partial charge in [-0.2, -0.15) is 13.2 Å². The van der Waals surface area contributed by atoms with Crippen molar-refractivity contribution in [3.63, 3.8) is 0 Å². The van der Waals surface area contributed by atoms with Crippen molar-refractivity contribution < 1.29 is 18.0 Å². The molecule has 0 radical (unpaired) electrons. The van der Waals surface area contributed by atoms with Gasteiger partial charge in [-0.05, 0) is 42.5 Å². The number of amides is 1. The van der Waals surface area contributed by atoms with Gasteiger partial charge in [0.05, 0.1) is 10.6 Å². The maximum atomic E-state index is 12.4. The minimum atomic E-state index is -4.40. The van der Waals surface area contributed by atoms with E-state index in [1.807, 2.05) is 0 Å². The van der Waals surface area contributed by atoms with Crippen LogP contribution in [0.3, 0.4) is 0 Å². The molecular weight excluding hydrogens is 323 g/mol. The van der Waals surface area contributed by atoms with Crippen LogP contribution in [0.5, 0.6) is 0 Å². The summed E-state index contributed by atoms with van der Waals surface area (Å²) in [5.41, 5.74) is -0.197. The first kappa shape index (κ1) is 15.7. The Hall–Kier alpha value is -1.66. The summed E-state index contributed by atoms with van der Waals surface area (Å²) < 4.78 is 37.3. The molecule has 0 unspecified atom stereocenters. The van der Waals surface area contributed by atoms with Gasteiger partial charge in [0.1, 0.15) is 0 Å². The average molecular weight is 332 g/mol. The number of hydrogen-bond donors (Lipinski definition) is 2. The molecule has 2 aromatic rings. The lowest BCUT2D eigenvalue weighted by Gasteiger charge is -2.09. The number of carbonyl (C=O) groups is 1. The Bertz CT molecular complexity index is 671. The third kappa shape index (κ3) is 3.92. The van der Waals surface area contributed by atoms with Gasteiger partial charge in [0, 0.05) is 16.1 Å². The number of benzene rings is 2. The van der Waals surface area contributed by atoms with Gasteiger partial charge in [-0.25, -0.2) is 0 Å². The first-order chi connectivity index (χ1) is 9.77. The van der Waals surface area contributed by atoms with E-state index in [2.05, 4.69) is 17.9 Å². The fourth-order valence-corrected chi connectivity index (χ4v) is 1.93. The van der Waals surface area contributed by atoms with Gasteiger partial charge in [0.25, 0.3) is 5.91 Å². The number of thiol groups is 1. The molecule has 0 aliphatic carbocycles. The molecule has 0 heterocycles. The lowest BCUT2D eigenvalue weighted by atomic mass is 10.1. The van der Waals surface area contributed by atoms with Crippen LogP contribution in [0.2, 0.25) is 5.02 Å². The van der Waals surface area contributed by atoms with E-state index in [1.54, 1.807) is 0 Å². The number of nitrogens with one attached hydrogen (secondary N) is 1. The summed E-state index contributed by atoms with van der Waals surface area (Å²) in [4.78, 5) is 12.4. The second-order valence-corrected chi connectivity index (χ2v) is 5.08. The van der Waals surface area contributed by atoms with E-state index in [0.29, 0.717) is 15.5 Å². The highest BCUT2D eigenvalue weighted by Crippen LogP contribution is 2.30. The Morgan fingerprint density at radius 1 is 1.10 bits per heavy atom. The molecule has 0 spiro atoms. The highest BCUT2D eigenvalue weighted by Gasteiger charge is 2.29. The van der Waals surface area contributed by atoms with Crippen LogP contribution in [0, 0.1) is 0 Å². The summed E-state index contributed by atoms with van der Waals surface area (Å²) in [5.74, 6) is -0.457. The van der Waals surface area contributed by atoms with Crippen LogP contribution < -0.4 is 5.32 Å². The molecule has 7 heteroatoms. The van der Waals surface area contributed by atoms with Crippen molar-refractivity contribution in [2.75, 3.05) is 5.32 Å². The van der Waals surface area contributed by atoms with Gasteiger partial charge >= 0.3 is 6.18 Å². The summed E-state index contributed by atoms with van der Waals surface area (Å²) in [6, 6.07) is 8.69. The van der Waals surface area contributed by atoms with Gasteiger partial charge in [-0.3, -0.25) is 4.79 Å². The zero-order valence-corrected chi connectivity index (χ0v) is 12.1. The summed E-state index contributed by atoms with van der Waals surface area (Å²) in [7, 11) is 0.